The Hall–Kier alpha value is -1.39. The van der Waals surface area contributed by atoms with Crippen LogP contribution in [0.15, 0.2) is 24.3 Å². The third-order valence-corrected chi connectivity index (χ3v) is 3.86. The molecule has 0 saturated heterocycles. The molecular formula is C16H24N2O2. The lowest BCUT2D eigenvalue weighted by Crippen LogP contribution is -2.26. The zero-order valence-electron chi connectivity index (χ0n) is 12.1. The number of nitrogens with two attached hydrogens (primary N) is 1. The van der Waals surface area contributed by atoms with Gasteiger partial charge >= 0.3 is 0 Å². The second-order valence-corrected chi connectivity index (χ2v) is 5.65. The van der Waals surface area contributed by atoms with Crippen molar-refractivity contribution in [3.8, 4) is 0 Å². The van der Waals surface area contributed by atoms with Gasteiger partial charge in [-0.2, -0.15) is 0 Å². The highest BCUT2D eigenvalue weighted by atomic mass is 16.5. The molecule has 0 bridgehead atoms. The van der Waals surface area contributed by atoms with Gasteiger partial charge in [0.2, 0.25) is 5.91 Å². The van der Waals surface area contributed by atoms with Crippen LogP contribution < -0.4 is 11.1 Å². The minimum Gasteiger partial charge on any atom is -0.368 e. The largest absolute Gasteiger partial charge is 0.368 e. The Bertz CT molecular complexity index is 440. The molecular weight excluding hydrogens is 252 g/mol. The Labute approximate surface area is 120 Å². The lowest BCUT2D eigenvalue weighted by Gasteiger charge is -2.25. The molecule has 1 saturated carbocycles. The van der Waals surface area contributed by atoms with Crippen LogP contribution in [0.3, 0.4) is 0 Å². The summed E-state index contributed by atoms with van der Waals surface area (Å²) in [6.07, 6.45) is 4.77. The topological polar surface area (TPSA) is 64.3 Å². The molecule has 3 N–H and O–H groups in total. The Balaban J connectivity index is 1.74. The van der Waals surface area contributed by atoms with Crippen LogP contribution in [0.25, 0.3) is 0 Å². The van der Waals surface area contributed by atoms with Gasteiger partial charge in [-0.1, -0.05) is 19.1 Å². The molecule has 0 spiro atoms. The first-order valence-electron chi connectivity index (χ1n) is 7.38. The lowest BCUT2D eigenvalue weighted by atomic mass is 9.89. The highest BCUT2D eigenvalue weighted by Gasteiger charge is 2.19. The van der Waals surface area contributed by atoms with Crippen molar-refractivity contribution in [2.24, 2.45) is 11.7 Å². The lowest BCUT2D eigenvalue weighted by molar-refractivity contribution is -0.123. The molecule has 1 aliphatic rings. The van der Waals surface area contributed by atoms with Crippen LogP contribution in [0.5, 0.6) is 0 Å². The van der Waals surface area contributed by atoms with Gasteiger partial charge in [0, 0.05) is 12.2 Å². The summed E-state index contributed by atoms with van der Waals surface area (Å²) in [5, 5.41) is 2.85. The van der Waals surface area contributed by atoms with Crippen molar-refractivity contribution in [2.45, 2.75) is 45.3 Å². The van der Waals surface area contributed by atoms with Crippen molar-refractivity contribution < 1.29 is 9.53 Å². The number of nitrogens with one attached hydrogen (secondary N) is 1. The summed E-state index contributed by atoms with van der Waals surface area (Å²) < 4.78 is 5.69. The normalized spacial score (nSPS) is 22.5. The van der Waals surface area contributed by atoms with Crippen molar-refractivity contribution in [3.05, 3.63) is 29.8 Å². The first-order chi connectivity index (χ1) is 9.67. The minimum atomic E-state index is -0.0993. The number of benzene rings is 1. The fourth-order valence-electron chi connectivity index (χ4n) is 2.56. The first-order valence-corrected chi connectivity index (χ1v) is 7.38. The van der Waals surface area contributed by atoms with E-state index < -0.39 is 0 Å². The number of ether oxygens (including phenoxy) is 1. The molecule has 4 heteroatoms. The molecule has 1 aromatic rings. The number of carbonyl (C=O) groups is 1. The van der Waals surface area contributed by atoms with Gasteiger partial charge in [0.15, 0.2) is 0 Å². The van der Waals surface area contributed by atoms with E-state index in [0.29, 0.717) is 6.54 Å². The maximum atomic E-state index is 11.9. The van der Waals surface area contributed by atoms with Gasteiger partial charge in [-0.05, 0) is 49.3 Å². The van der Waals surface area contributed by atoms with E-state index in [4.69, 9.17) is 10.5 Å². The fraction of sp³-hybridized carbons (Fsp3) is 0.562. The van der Waals surface area contributed by atoms with E-state index in [9.17, 15) is 4.79 Å². The molecule has 1 aromatic carbocycles. The molecule has 0 heterocycles. The van der Waals surface area contributed by atoms with E-state index in [-0.39, 0.29) is 18.6 Å². The standard InChI is InChI=1S/C16H24N2O2/c1-12-5-7-15(8-6-12)20-11-16(19)18-14-4-2-3-13(9-14)10-17/h2-4,9,12,15H,5-8,10-11,17H2,1H3,(H,18,19). The van der Waals surface area contributed by atoms with Crippen molar-refractivity contribution in [1.29, 1.82) is 0 Å². The molecule has 0 aromatic heterocycles. The number of amides is 1. The van der Waals surface area contributed by atoms with Gasteiger partial charge in [-0.3, -0.25) is 4.79 Å². The van der Waals surface area contributed by atoms with Gasteiger partial charge in [0.1, 0.15) is 6.61 Å². The number of hydrogen-bond donors (Lipinski definition) is 2. The SMILES string of the molecule is CC1CCC(OCC(=O)Nc2cccc(CN)c2)CC1. The Morgan fingerprint density at radius 3 is 2.80 bits per heavy atom. The van der Waals surface area contributed by atoms with E-state index in [2.05, 4.69) is 12.2 Å². The summed E-state index contributed by atoms with van der Waals surface area (Å²) in [4.78, 5) is 11.9. The van der Waals surface area contributed by atoms with Crippen molar-refractivity contribution in [2.75, 3.05) is 11.9 Å². The van der Waals surface area contributed by atoms with Crippen LogP contribution in [-0.2, 0) is 16.1 Å². The summed E-state index contributed by atoms with van der Waals surface area (Å²) in [5.74, 6) is 0.695. The summed E-state index contributed by atoms with van der Waals surface area (Å²) >= 11 is 0. The summed E-state index contributed by atoms with van der Waals surface area (Å²) in [7, 11) is 0. The third kappa shape index (κ3) is 4.62. The van der Waals surface area contributed by atoms with Gasteiger partial charge in [-0.15, -0.1) is 0 Å². The van der Waals surface area contributed by atoms with Gasteiger partial charge in [0.05, 0.1) is 6.10 Å². The predicted molar refractivity (Wildman–Crippen MR) is 80.3 cm³/mol. The number of hydrogen-bond acceptors (Lipinski definition) is 3. The van der Waals surface area contributed by atoms with Crippen LogP contribution in [0.4, 0.5) is 5.69 Å². The minimum absolute atomic E-state index is 0.0993. The zero-order chi connectivity index (χ0) is 14.4. The molecule has 1 amide bonds. The zero-order valence-corrected chi connectivity index (χ0v) is 12.1. The van der Waals surface area contributed by atoms with Gasteiger partial charge in [-0.25, -0.2) is 0 Å². The molecule has 0 aliphatic heterocycles. The summed E-state index contributed by atoms with van der Waals surface area (Å²) in [6.45, 7) is 2.87. The fourth-order valence-corrected chi connectivity index (χ4v) is 2.56. The van der Waals surface area contributed by atoms with E-state index in [1.807, 2.05) is 24.3 Å². The summed E-state index contributed by atoms with van der Waals surface area (Å²) in [5.41, 5.74) is 7.36. The van der Waals surface area contributed by atoms with E-state index in [1.165, 1.54) is 12.8 Å². The predicted octanol–water partition coefficient (Wildman–Crippen LogP) is 2.68. The maximum absolute atomic E-state index is 11.9. The molecule has 1 fully saturated rings. The Kier molecular flexibility index (Phi) is 5.56. The molecule has 0 atom stereocenters. The molecule has 1 aliphatic carbocycles. The number of carbonyl (C=O) groups excluding carboxylic acids is 1. The molecule has 20 heavy (non-hydrogen) atoms. The Morgan fingerprint density at radius 1 is 1.35 bits per heavy atom. The average Bonchev–Trinajstić information content (AvgIpc) is 2.47. The second kappa shape index (κ2) is 7.41. The average molecular weight is 276 g/mol. The monoisotopic (exact) mass is 276 g/mol. The van der Waals surface area contributed by atoms with E-state index >= 15 is 0 Å². The van der Waals surface area contributed by atoms with Crippen LogP contribution in [-0.4, -0.2) is 18.6 Å². The van der Waals surface area contributed by atoms with Gasteiger partial charge in [0.25, 0.3) is 0 Å². The van der Waals surface area contributed by atoms with E-state index in [0.717, 1.165) is 30.0 Å². The smallest absolute Gasteiger partial charge is 0.250 e. The van der Waals surface area contributed by atoms with Crippen LogP contribution in [0.1, 0.15) is 38.2 Å². The highest BCUT2D eigenvalue weighted by molar-refractivity contribution is 5.91. The van der Waals surface area contributed by atoms with E-state index in [1.54, 1.807) is 0 Å². The number of rotatable bonds is 5. The number of anilines is 1. The second-order valence-electron chi connectivity index (χ2n) is 5.65. The molecule has 4 nitrogen and oxygen atoms in total. The Morgan fingerprint density at radius 2 is 2.10 bits per heavy atom. The molecule has 0 radical (unpaired) electrons. The first kappa shape index (κ1) is 15.0. The third-order valence-electron chi connectivity index (χ3n) is 3.86. The van der Waals surface area contributed by atoms with Crippen molar-refractivity contribution >= 4 is 11.6 Å². The van der Waals surface area contributed by atoms with Crippen LogP contribution in [0.2, 0.25) is 0 Å². The quantitative estimate of drug-likeness (QED) is 0.869. The molecule has 2 rings (SSSR count). The van der Waals surface area contributed by atoms with Gasteiger partial charge < -0.3 is 15.8 Å². The van der Waals surface area contributed by atoms with Crippen LogP contribution >= 0.6 is 0 Å². The van der Waals surface area contributed by atoms with Crippen molar-refractivity contribution in [1.82, 2.24) is 0 Å². The molecule has 0 unspecified atom stereocenters. The summed E-state index contributed by atoms with van der Waals surface area (Å²) in [6, 6.07) is 7.58. The van der Waals surface area contributed by atoms with Crippen LogP contribution in [0, 0.1) is 5.92 Å². The maximum Gasteiger partial charge on any atom is 0.250 e. The highest BCUT2D eigenvalue weighted by Crippen LogP contribution is 2.25. The van der Waals surface area contributed by atoms with Crippen molar-refractivity contribution in [3.63, 3.8) is 0 Å². The molecule has 110 valence electrons.